The largest absolute Gasteiger partial charge is 0.457 e. The maximum atomic E-state index is 13.5. The Morgan fingerprint density at radius 3 is 2.43 bits per heavy atom. The Kier molecular flexibility index (Phi) is 4.62. The minimum Gasteiger partial charge on any atom is -0.457 e. The summed E-state index contributed by atoms with van der Waals surface area (Å²) in [6, 6.07) is 11.2. The van der Waals surface area contributed by atoms with Gasteiger partial charge in [-0.2, -0.15) is 0 Å². The van der Waals surface area contributed by atoms with Crippen molar-refractivity contribution in [3.05, 3.63) is 56.7 Å². The second-order valence-electron chi connectivity index (χ2n) is 5.09. The van der Waals surface area contributed by atoms with Crippen LogP contribution in [0.4, 0.5) is 4.39 Å². The molecule has 2 aromatic rings. The highest BCUT2D eigenvalue weighted by atomic mass is 79.9. The Morgan fingerprint density at radius 2 is 1.76 bits per heavy atom. The molecule has 1 N–H and O–H groups in total. The molecule has 2 nitrogen and oxygen atoms in total. The van der Waals surface area contributed by atoms with Gasteiger partial charge in [-0.1, -0.05) is 22.0 Å². The van der Waals surface area contributed by atoms with E-state index in [2.05, 4.69) is 37.2 Å². The molecular formula is C16H14Br2FNO. The zero-order chi connectivity index (χ0) is 14.8. The van der Waals surface area contributed by atoms with Crippen LogP contribution in [0, 0.1) is 5.82 Å². The second-order valence-corrected chi connectivity index (χ2v) is 6.80. The first-order chi connectivity index (χ1) is 10.1. The number of ether oxygens (including phenoxy) is 1. The summed E-state index contributed by atoms with van der Waals surface area (Å²) >= 11 is 6.68. The second kappa shape index (κ2) is 6.46. The lowest BCUT2D eigenvalue weighted by Gasteiger charge is -2.10. The normalized spacial score (nSPS) is 14.2. The van der Waals surface area contributed by atoms with Crippen molar-refractivity contribution >= 4 is 31.9 Å². The molecule has 1 aliphatic carbocycles. The van der Waals surface area contributed by atoms with Crippen LogP contribution in [0.3, 0.4) is 0 Å². The average molecular weight is 415 g/mol. The first kappa shape index (κ1) is 15.0. The maximum absolute atomic E-state index is 13.5. The molecule has 0 heterocycles. The molecule has 0 radical (unpaired) electrons. The van der Waals surface area contributed by atoms with Gasteiger partial charge in [0, 0.05) is 23.1 Å². The molecule has 0 saturated heterocycles. The number of rotatable bonds is 5. The minimum absolute atomic E-state index is 0.336. The van der Waals surface area contributed by atoms with Crippen molar-refractivity contribution in [1.82, 2.24) is 5.32 Å². The van der Waals surface area contributed by atoms with Gasteiger partial charge in [0.25, 0.3) is 0 Å². The van der Waals surface area contributed by atoms with E-state index in [0.717, 1.165) is 11.0 Å². The van der Waals surface area contributed by atoms with Crippen LogP contribution in [-0.4, -0.2) is 6.04 Å². The third-order valence-electron chi connectivity index (χ3n) is 3.31. The Morgan fingerprint density at radius 1 is 1.05 bits per heavy atom. The highest BCUT2D eigenvalue weighted by Gasteiger charge is 2.20. The Hall–Kier alpha value is -0.910. The fraction of sp³-hybridized carbons (Fsp3) is 0.250. The van der Waals surface area contributed by atoms with Gasteiger partial charge in [-0.25, -0.2) is 4.39 Å². The highest BCUT2D eigenvalue weighted by molar-refractivity contribution is 9.10. The number of hydrogen-bond acceptors (Lipinski definition) is 2. The Balaban J connectivity index is 1.70. The number of nitrogens with one attached hydrogen (secondary N) is 1. The molecule has 21 heavy (non-hydrogen) atoms. The van der Waals surface area contributed by atoms with Gasteiger partial charge in [-0.05, 0) is 58.6 Å². The van der Waals surface area contributed by atoms with Crippen molar-refractivity contribution in [2.45, 2.75) is 25.4 Å². The number of hydrogen-bond donors (Lipinski definition) is 1. The zero-order valence-electron chi connectivity index (χ0n) is 11.2. The molecule has 3 rings (SSSR count). The molecule has 0 aromatic heterocycles. The Labute approximate surface area is 140 Å². The number of halogens is 3. The first-order valence-electron chi connectivity index (χ1n) is 6.76. The van der Waals surface area contributed by atoms with Gasteiger partial charge in [-0.15, -0.1) is 0 Å². The SMILES string of the molecule is Fc1cc(Oc2ccc(CNC3CC3)c(Br)c2)ccc1Br. The van der Waals surface area contributed by atoms with E-state index in [0.29, 0.717) is 22.0 Å². The predicted molar refractivity (Wildman–Crippen MR) is 88.2 cm³/mol. The van der Waals surface area contributed by atoms with Crippen LogP contribution in [0.2, 0.25) is 0 Å². The molecule has 0 aliphatic heterocycles. The van der Waals surface area contributed by atoms with E-state index in [1.54, 1.807) is 12.1 Å². The van der Waals surface area contributed by atoms with Crippen molar-refractivity contribution in [1.29, 1.82) is 0 Å². The molecule has 1 saturated carbocycles. The van der Waals surface area contributed by atoms with E-state index in [9.17, 15) is 4.39 Å². The van der Waals surface area contributed by atoms with Crippen LogP contribution in [0.1, 0.15) is 18.4 Å². The van der Waals surface area contributed by atoms with Crippen LogP contribution >= 0.6 is 31.9 Å². The van der Waals surface area contributed by atoms with Gasteiger partial charge >= 0.3 is 0 Å². The number of benzene rings is 2. The summed E-state index contributed by atoms with van der Waals surface area (Å²) in [5.41, 5.74) is 1.19. The molecule has 0 bridgehead atoms. The fourth-order valence-electron chi connectivity index (χ4n) is 1.95. The van der Waals surface area contributed by atoms with Gasteiger partial charge in [0.15, 0.2) is 0 Å². The van der Waals surface area contributed by atoms with E-state index in [1.165, 1.54) is 24.5 Å². The summed E-state index contributed by atoms with van der Waals surface area (Å²) in [4.78, 5) is 0. The topological polar surface area (TPSA) is 21.3 Å². The van der Waals surface area contributed by atoms with Crippen molar-refractivity contribution in [3.8, 4) is 11.5 Å². The summed E-state index contributed by atoms with van der Waals surface area (Å²) in [6.45, 7) is 0.846. The van der Waals surface area contributed by atoms with Crippen LogP contribution in [0.25, 0.3) is 0 Å². The monoisotopic (exact) mass is 413 g/mol. The average Bonchev–Trinajstić information content (AvgIpc) is 3.26. The van der Waals surface area contributed by atoms with E-state index >= 15 is 0 Å². The van der Waals surface area contributed by atoms with Crippen LogP contribution in [0.5, 0.6) is 11.5 Å². The summed E-state index contributed by atoms with van der Waals surface area (Å²) in [7, 11) is 0. The van der Waals surface area contributed by atoms with Gasteiger partial charge in [0.2, 0.25) is 0 Å². The lowest BCUT2D eigenvalue weighted by Crippen LogP contribution is -2.15. The smallest absolute Gasteiger partial charge is 0.141 e. The van der Waals surface area contributed by atoms with Crippen molar-refractivity contribution in [2.24, 2.45) is 0 Å². The molecule has 0 atom stereocenters. The predicted octanol–water partition coefficient (Wildman–Crippen LogP) is 5.40. The van der Waals surface area contributed by atoms with E-state index < -0.39 is 0 Å². The van der Waals surface area contributed by atoms with E-state index in [4.69, 9.17) is 4.74 Å². The standard InChI is InChI=1S/C16H14Br2FNO/c17-14-6-5-13(8-16(14)19)21-12-4-1-10(15(18)7-12)9-20-11-2-3-11/h1,4-8,11,20H,2-3,9H2. The van der Waals surface area contributed by atoms with Gasteiger partial charge < -0.3 is 10.1 Å². The first-order valence-corrected chi connectivity index (χ1v) is 8.35. The molecular weight excluding hydrogens is 401 g/mol. The van der Waals surface area contributed by atoms with E-state index in [1.807, 2.05) is 18.2 Å². The molecule has 110 valence electrons. The van der Waals surface area contributed by atoms with Gasteiger partial charge in [0.05, 0.1) is 4.47 Å². The molecule has 0 amide bonds. The third kappa shape index (κ3) is 4.05. The van der Waals surface area contributed by atoms with Gasteiger partial charge in [0.1, 0.15) is 17.3 Å². The summed E-state index contributed by atoms with van der Waals surface area (Å²) in [5, 5.41) is 3.47. The van der Waals surface area contributed by atoms with Crippen molar-refractivity contribution < 1.29 is 9.13 Å². The molecule has 1 aliphatic rings. The zero-order valence-corrected chi connectivity index (χ0v) is 14.4. The molecule has 5 heteroatoms. The minimum atomic E-state index is -0.336. The molecule has 1 fully saturated rings. The van der Waals surface area contributed by atoms with Crippen LogP contribution in [0.15, 0.2) is 45.3 Å². The summed E-state index contributed by atoms with van der Waals surface area (Å²) in [5.74, 6) is 0.821. The third-order valence-corrected chi connectivity index (χ3v) is 4.69. The van der Waals surface area contributed by atoms with Crippen molar-refractivity contribution in [2.75, 3.05) is 0 Å². The lowest BCUT2D eigenvalue weighted by molar-refractivity contribution is 0.475. The summed E-state index contributed by atoms with van der Waals surface area (Å²) < 4.78 is 20.6. The van der Waals surface area contributed by atoms with Crippen molar-refractivity contribution in [3.63, 3.8) is 0 Å². The lowest BCUT2D eigenvalue weighted by atomic mass is 10.2. The quantitative estimate of drug-likeness (QED) is 0.707. The van der Waals surface area contributed by atoms with E-state index in [-0.39, 0.29) is 5.82 Å². The highest BCUT2D eigenvalue weighted by Crippen LogP contribution is 2.29. The van der Waals surface area contributed by atoms with Crippen LogP contribution < -0.4 is 10.1 Å². The molecule has 0 unspecified atom stereocenters. The fourth-order valence-corrected chi connectivity index (χ4v) is 2.70. The Bertz CT molecular complexity index is 659. The van der Waals surface area contributed by atoms with Gasteiger partial charge in [-0.3, -0.25) is 0 Å². The maximum Gasteiger partial charge on any atom is 0.141 e. The summed E-state index contributed by atoms with van der Waals surface area (Å²) in [6.07, 6.45) is 2.54. The van der Waals surface area contributed by atoms with Crippen LogP contribution in [-0.2, 0) is 6.54 Å². The molecule has 2 aromatic carbocycles. The molecule has 0 spiro atoms.